The Balaban J connectivity index is 1.74. The molecule has 2 fully saturated rings. The maximum atomic E-state index is 17.0. The molecule has 2 aromatic rings. The van der Waals surface area contributed by atoms with Crippen molar-refractivity contribution in [2.75, 3.05) is 45.0 Å². The lowest BCUT2D eigenvalue weighted by Gasteiger charge is -2.40. The van der Waals surface area contributed by atoms with Gasteiger partial charge in [0.15, 0.2) is 17.3 Å². The number of fused-ring (bicyclic) bond motifs is 2. The number of rotatable bonds is 7. The first-order valence-electron chi connectivity index (χ1n) is 14.6. The SMILES string of the molecule is COCOC(C#N)(C#N)c1c(F)c(F)c(C(=O)O)c(C2=C3C=CC(=[N+]4CCC4)C=C3[Si](C)(C)c3cc(N4CCC4)ccc32)c1F. The lowest BCUT2D eigenvalue weighted by Crippen LogP contribution is -2.50. The van der Waals surface area contributed by atoms with Gasteiger partial charge in [0, 0.05) is 43.6 Å². The van der Waals surface area contributed by atoms with Gasteiger partial charge in [-0.1, -0.05) is 19.2 Å². The number of benzene rings is 2. The summed E-state index contributed by atoms with van der Waals surface area (Å²) in [5.74, 6) is -7.38. The van der Waals surface area contributed by atoms with Crippen LogP contribution in [0.4, 0.5) is 18.9 Å². The molecule has 0 radical (unpaired) electrons. The van der Waals surface area contributed by atoms with Crippen molar-refractivity contribution in [2.45, 2.75) is 31.5 Å². The number of nitrogens with zero attached hydrogens (tertiary/aromatic N) is 4. The van der Waals surface area contributed by atoms with Gasteiger partial charge in [0.2, 0.25) is 0 Å². The van der Waals surface area contributed by atoms with Crippen molar-refractivity contribution in [3.63, 3.8) is 0 Å². The van der Waals surface area contributed by atoms with Crippen LogP contribution in [0, 0.1) is 40.1 Å². The van der Waals surface area contributed by atoms with Crippen LogP contribution in [-0.2, 0) is 15.1 Å². The highest BCUT2D eigenvalue weighted by Gasteiger charge is 2.47. The first-order chi connectivity index (χ1) is 21.5. The zero-order chi connectivity index (χ0) is 32.3. The normalized spacial score (nSPS) is 18.3. The number of hydrogen-bond acceptors (Lipinski definition) is 6. The van der Waals surface area contributed by atoms with E-state index in [1.807, 2.05) is 24.3 Å². The molecule has 2 aromatic carbocycles. The van der Waals surface area contributed by atoms with Crippen LogP contribution in [-0.4, -0.2) is 69.5 Å². The lowest BCUT2D eigenvalue weighted by atomic mass is 9.83. The molecule has 12 heteroatoms. The van der Waals surface area contributed by atoms with Gasteiger partial charge in [-0.25, -0.2) is 22.5 Å². The molecule has 0 atom stereocenters. The fraction of sp³-hybridized carbons (Fsp3) is 0.333. The summed E-state index contributed by atoms with van der Waals surface area (Å²) >= 11 is 0. The Morgan fingerprint density at radius 2 is 1.80 bits per heavy atom. The number of halogens is 3. The molecule has 8 nitrogen and oxygen atoms in total. The molecule has 1 aliphatic carbocycles. The highest BCUT2D eigenvalue weighted by Crippen LogP contribution is 2.46. The van der Waals surface area contributed by atoms with E-state index in [0.29, 0.717) is 11.1 Å². The zero-order valence-electron chi connectivity index (χ0n) is 25.0. The molecule has 6 rings (SSSR count). The molecular formula is C33H30F3N4O4Si+. The monoisotopic (exact) mass is 631 g/mol. The van der Waals surface area contributed by atoms with Crippen molar-refractivity contribution < 1.29 is 37.1 Å². The number of allylic oxidation sites excluding steroid dienone is 5. The predicted octanol–water partition coefficient (Wildman–Crippen LogP) is 4.50. The molecule has 0 saturated carbocycles. The summed E-state index contributed by atoms with van der Waals surface area (Å²) in [5, 5.41) is 31.9. The van der Waals surface area contributed by atoms with Gasteiger partial charge < -0.3 is 19.5 Å². The van der Waals surface area contributed by atoms with E-state index in [9.17, 15) is 20.4 Å². The van der Waals surface area contributed by atoms with Crippen LogP contribution in [0.3, 0.4) is 0 Å². The van der Waals surface area contributed by atoms with Gasteiger partial charge in [-0.15, -0.1) is 0 Å². The first-order valence-corrected chi connectivity index (χ1v) is 17.6. The van der Waals surface area contributed by atoms with E-state index in [0.717, 1.165) is 60.8 Å². The van der Waals surface area contributed by atoms with Crippen molar-refractivity contribution in [2.24, 2.45) is 0 Å². The van der Waals surface area contributed by atoms with E-state index in [1.54, 1.807) is 12.1 Å². The number of aromatic carboxylic acids is 1. The van der Waals surface area contributed by atoms with Crippen LogP contribution >= 0.6 is 0 Å². The number of carboxylic acids is 1. The Kier molecular flexibility index (Phi) is 7.56. The second-order valence-corrected chi connectivity index (χ2v) is 16.3. The van der Waals surface area contributed by atoms with Gasteiger partial charge in [-0.05, 0) is 51.7 Å². The number of ether oxygens (including phenoxy) is 2. The summed E-state index contributed by atoms with van der Waals surface area (Å²) < 4.78 is 60.8. The van der Waals surface area contributed by atoms with Gasteiger partial charge in [-0.3, -0.25) is 0 Å². The molecule has 3 heterocycles. The standard InChI is InChI=1S/C33H29F3N4O4Si/c1-43-18-44-33(16-37,17-38)28-29(34)26(27(32(41)42)30(35)31(28)36)25-21-8-6-19(39-10-4-11-39)14-23(21)45(2,3)24-15-20(7-9-22(24)25)40-12-5-13-40/h6-9,14-15H,4-5,10-13,18H2,1-3H3/p+1. The average Bonchev–Trinajstić information content (AvgIpc) is 2.96. The Morgan fingerprint density at radius 1 is 1.09 bits per heavy atom. The van der Waals surface area contributed by atoms with Crippen molar-refractivity contribution in [3.05, 3.63) is 86.9 Å². The van der Waals surface area contributed by atoms with Gasteiger partial charge in [-0.2, -0.15) is 10.5 Å². The minimum atomic E-state index is -2.98. The molecule has 0 bridgehead atoms. The van der Waals surface area contributed by atoms with E-state index < -0.39 is 60.6 Å². The number of carbonyl (C=O) groups is 1. The number of anilines is 1. The Labute approximate surface area is 259 Å². The largest absolute Gasteiger partial charge is 0.478 e. The molecule has 3 aliphatic heterocycles. The summed E-state index contributed by atoms with van der Waals surface area (Å²) in [4.78, 5) is 14.8. The lowest BCUT2D eigenvalue weighted by molar-refractivity contribution is -0.582. The van der Waals surface area contributed by atoms with Crippen molar-refractivity contribution in [3.8, 4) is 12.1 Å². The van der Waals surface area contributed by atoms with Crippen molar-refractivity contribution in [1.82, 2.24) is 0 Å². The van der Waals surface area contributed by atoms with Crippen LogP contribution in [0.2, 0.25) is 13.1 Å². The highest BCUT2D eigenvalue weighted by atomic mass is 28.3. The summed E-state index contributed by atoms with van der Waals surface area (Å²) in [5.41, 5.74) is -3.37. The second kappa shape index (κ2) is 11.1. The number of hydrogen-bond donors (Lipinski definition) is 1. The molecule has 4 aliphatic rings. The smallest absolute Gasteiger partial charge is 0.339 e. The van der Waals surface area contributed by atoms with Crippen LogP contribution < -0.4 is 10.1 Å². The summed E-state index contributed by atoms with van der Waals surface area (Å²) in [6.45, 7) is 7.10. The van der Waals surface area contributed by atoms with E-state index in [-0.39, 0.29) is 5.57 Å². The molecular weight excluding hydrogens is 601 g/mol. The summed E-state index contributed by atoms with van der Waals surface area (Å²) in [6, 6.07) is 8.57. The van der Waals surface area contributed by atoms with E-state index in [4.69, 9.17) is 9.47 Å². The fourth-order valence-corrected chi connectivity index (χ4v) is 9.53. The third kappa shape index (κ3) is 4.55. The quantitative estimate of drug-likeness (QED) is 0.208. The summed E-state index contributed by atoms with van der Waals surface area (Å²) in [7, 11) is -1.39. The molecule has 45 heavy (non-hydrogen) atoms. The molecule has 0 amide bonds. The third-order valence-electron chi connectivity index (χ3n) is 9.18. The number of methoxy groups -OCH3 is 1. The molecule has 2 saturated heterocycles. The minimum absolute atomic E-state index is 0.0451. The minimum Gasteiger partial charge on any atom is -0.478 e. The molecule has 0 aromatic heterocycles. The van der Waals surface area contributed by atoms with Gasteiger partial charge in [0.1, 0.15) is 51.5 Å². The molecule has 1 N–H and O–H groups in total. The molecule has 0 unspecified atom stereocenters. The predicted molar refractivity (Wildman–Crippen MR) is 162 cm³/mol. The average molecular weight is 632 g/mol. The number of carboxylic acid groups (broad SMARTS) is 1. The highest BCUT2D eigenvalue weighted by molar-refractivity contribution is 6.98. The van der Waals surface area contributed by atoms with E-state index >= 15 is 13.2 Å². The maximum Gasteiger partial charge on any atom is 0.339 e. The first kappa shape index (κ1) is 30.5. The fourth-order valence-electron chi connectivity index (χ4n) is 6.46. The molecule has 0 spiro atoms. The third-order valence-corrected chi connectivity index (χ3v) is 12.7. The second-order valence-electron chi connectivity index (χ2n) is 12.0. The van der Waals surface area contributed by atoms with Crippen LogP contribution in [0.5, 0.6) is 0 Å². The number of nitriles is 2. The van der Waals surface area contributed by atoms with Crippen LogP contribution in [0.15, 0.2) is 47.2 Å². The Bertz CT molecular complexity index is 1860. The van der Waals surface area contributed by atoms with Crippen molar-refractivity contribution in [1.29, 1.82) is 10.5 Å². The van der Waals surface area contributed by atoms with E-state index in [1.165, 1.54) is 19.2 Å². The maximum absolute atomic E-state index is 17.0. The zero-order valence-corrected chi connectivity index (χ0v) is 26.0. The van der Waals surface area contributed by atoms with Gasteiger partial charge in [0.05, 0.1) is 12.0 Å². The van der Waals surface area contributed by atoms with E-state index in [2.05, 4.69) is 22.6 Å². The summed E-state index contributed by atoms with van der Waals surface area (Å²) in [6.07, 6.45) is 7.77. The van der Waals surface area contributed by atoms with Crippen LogP contribution in [0.1, 0.15) is 39.9 Å². The van der Waals surface area contributed by atoms with Crippen molar-refractivity contribution >= 4 is 36.2 Å². The topological polar surface area (TPSA) is 110 Å². The Hall–Kier alpha value is -4.49. The Morgan fingerprint density at radius 3 is 2.36 bits per heavy atom. The van der Waals surface area contributed by atoms with Gasteiger partial charge >= 0.3 is 5.97 Å². The van der Waals surface area contributed by atoms with Gasteiger partial charge in [0.25, 0.3) is 5.60 Å². The van der Waals surface area contributed by atoms with Crippen LogP contribution in [0.25, 0.3) is 5.57 Å². The molecule has 230 valence electrons.